The highest BCUT2D eigenvalue weighted by Gasteiger charge is 2.23. The van der Waals surface area contributed by atoms with Crippen molar-refractivity contribution in [1.29, 1.82) is 0 Å². The van der Waals surface area contributed by atoms with Gasteiger partial charge in [0.15, 0.2) is 18.1 Å². The summed E-state index contributed by atoms with van der Waals surface area (Å²) in [6, 6.07) is 15.1. The van der Waals surface area contributed by atoms with E-state index in [0.717, 1.165) is 23.8 Å². The molecule has 3 aromatic rings. The van der Waals surface area contributed by atoms with Gasteiger partial charge in [-0.05, 0) is 42.9 Å². The average Bonchev–Trinajstić information content (AvgIpc) is 3.24. The van der Waals surface area contributed by atoms with Crippen molar-refractivity contribution in [2.45, 2.75) is 26.2 Å². The number of benzene rings is 2. The molecule has 1 atom stereocenters. The molecule has 158 valence electrons. The van der Waals surface area contributed by atoms with E-state index in [1.807, 2.05) is 48.5 Å². The Labute approximate surface area is 175 Å². The highest BCUT2D eigenvalue weighted by molar-refractivity contribution is 5.40. The molecule has 0 saturated heterocycles. The summed E-state index contributed by atoms with van der Waals surface area (Å²) in [5.74, 6) is 4.10. The van der Waals surface area contributed by atoms with E-state index in [4.69, 9.17) is 23.5 Å². The predicted octanol–water partition coefficient (Wildman–Crippen LogP) is 3.32. The lowest BCUT2D eigenvalue weighted by Crippen LogP contribution is -2.40. The van der Waals surface area contributed by atoms with Crippen LogP contribution in [0.3, 0.4) is 0 Å². The van der Waals surface area contributed by atoms with Crippen molar-refractivity contribution in [2.75, 3.05) is 26.8 Å². The highest BCUT2D eigenvalue weighted by atomic mass is 16.6. The third kappa shape index (κ3) is 5.01. The topological polar surface area (TPSA) is 79.1 Å². The molecule has 0 bridgehead atoms. The first-order valence-electron chi connectivity index (χ1n) is 9.92. The Balaban J connectivity index is 1.28. The lowest BCUT2D eigenvalue weighted by Gasteiger charge is -2.30. The maximum absolute atomic E-state index is 6.05. The van der Waals surface area contributed by atoms with E-state index >= 15 is 0 Å². The van der Waals surface area contributed by atoms with E-state index in [9.17, 15) is 0 Å². The second kappa shape index (κ2) is 9.49. The molecule has 2 heterocycles. The first-order chi connectivity index (χ1) is 14.7. The van der Waals surface area contributed by atoms with Crippen molar-refractivity contribution in [1.82, 2.24) is 15.0 Å². The molecule has 0 amide bonds. The summed E-state index contributed by atoms with van der Waals surface area (Å²) in [5, 5.41) is 4.01. The zero-order chi connectivity index (χ0) is 20.8. The van der Waals surface area contributed by atoms with Gasteiger partial charge in [-0.15, -0.1) is 0 Å². The van der Waals surface area contributed by atoms with Gasteiger partial charge in [-0.2, -0.15) is 4.98 Å². The molecule has 0 radical (unpaired) electrons. The second-order valence-corrected chi connectivity index (χ2v) is 6.89. The Morgan fingerprint density at radius 2 is 1.83 bits per heavy atom. The van der Waals surface area contributed by atoms with Crippen LogP contribution in [0.25, 0.3) is 0 Å². The number of ether oxygens (including phenoxy) is 4. The molecule has 1 aromatic heterocycles. The van der Waals surface area contributed by atoms with E-state index < -0.39 is 0 Å². The lowest BCUT2D eigenvalue weighted by molar-refractivity contribution is 0.0551. The summed E-state index contributed by atoms with van der Waals surface area (Å²) >= 11 is 0. The van der Waals surface area contributed by atoms with Crippen LogP contribution in [0, 0.1) is 0 Å². The smallest absolute Gasteiger partial charge is 0.240 e. The monoisotopic (exact) mass is 411 g/mol. The van der Waals surface area contributed by atoms with E-state index in [1.54, 1.807) is 7.11 Å². The molecule has 8 nitrogen and oxygen atoms in total. The summed E-state index contributed by atoms with van der Waals surface area (Å²) in [7, 11) is 1.63. The van der Waals surface area contributed by atoms with Gasteiger partial charge in [-0.3, -0.25) is 4.90 Å². The summed E-state index contributed by atoms with van der Waals surface area (Å²) in [5.41, 5.74) is 0. The molecule has 30 heavy (non-hydrogen) atoms. The molecule has 0 saturated carbocycles. The molecule has 4 rings (SSSR count). The Morgan fingerprint density at radius 3 is 2.60 bits per heavy atom. The van der Waals surface area contributed by atoms with Gasteiger partial charge in [0.05, 0.1) is 13.7 Å². The highest BCUT2D eigenvalue weighted by Crippen LogP contribution is 2.31. The summed E-state index contributed by atoms with van der Waals surface area (Å²) in [4.78, 5) is 6.62. The number of fused-ring (bicyclic) bond motifs is 1. The van der Waals surface area contributed by atoms with Crippen LogP contribution >= 0.6 is 0 Å². The molecule has 0 fully saturated rings. The van der Waals surface area contributed by atoms with Crippen molar-refractivity contribution in [2.24, 2.45) is 0 Å². The minimum Gasteiger partial charge on any atom is -0.497 e. The molecular weight excluding hydrogens is 386 g/mol. The normalized spacial score (nSPS) is 15.2. The fraction of sp³-hybridized carbons (Fsp3) is 0.364. The number of rotatable bonds is 9. The fourth-order valence-corrected chi connectivity index (χ4v) is 3.17. The van der Waals surface area contributed by atoms with Crippen LogP contribution < -0.4 is 18.9 Å². The van der Waals surface area contributed by atoms with E-state index in [0.29, 0.717) is 37.2 Å². The third-order valence-corrected chi connectivity index (χ3v) is 4.77. The summed E-state index contributed by atoms with van der Waals surface area (Å²) < 4.78 is 28.1. The van der Waals surface area contributed by atoms with Crippen molar-refractivity contribution in [3.05, 3.63) is 60.2 Å². The van der Waals surface area contributed by atoms with Gasteiger partial charge >= 0.3 is 0 Å². The van der Waals surface area contributed by atoms with Gasteiger partial charge in [0.2, 0.25) is 11.7 Å². The fourth-order valence-electron chi connectivity index (χ4n) is 3.17. The number of likely N-dealkylation sites (N-methyl/N-ethyl adjacent to an activating group) is 1. The SMILES string of the molecule is CCN(Cc1nc(COc2ccc(OC)cc2)no1)C[C@H]1COc2ccccc2O1. The first kappa shape index (κ1) is 20.0. The van der Waals surface area contributed by atoms with Crippen LogP contribution in [0.4, 0.5) is 0 Å². The van der Waals surface area contributed by atoms with Crippen LogP contribution in [0.5, 0.6) is 23.0 Å². The van der Waals surface area contributed by atoms with E-state index in [1.165, 1.54) is 0 Å². The molecule has 0 aliphatic carbocycles. The zero-order valence-electron chi connectivity index (χ0n) is 17.1. The molecule has 2 aromatic carbocycles. The van der Waals surface area contributed by atoms with Crippen LogP contribution in [0.15, 0.2) is 53.1 Å². The van der Waals surface area contributed by atoms with Crippen molar-refractivity contribution >= 4 is 0 Å². The molecule has 0 unspecified atom stereocenters. The van der Waals surface area contributed by atoms with Gasteiger partial charge in [0.25, 0.3) is 0 Å². The van der Waals surface area contributed by atoms with Crippen molar-refractivity contribution in [3.63, 3.8) is 0 Å². The van der Waals surface area contributed by atoms with Gasteiger partial charge in [-0.25, -0.2) is 0 Å². The number of nitrogens with zero attached hydrogens (tertiary/aromatic N) is 3. The quantitative estimate of drug-likeness (QED) is 0.531. The largest absolute Gasteiger partial charge is 0.497 e. The summed E-state index contributed by atoms with van der Waals surface area (Å²) in [6.45, 7) is 4.89. The van der Waals surface area contributed by atoms with Crippen LogP contribution in [0.2, 0.25) is 0 Å². The number of hydrogen-bond donors (Lipinski definition) is 0. The summed E-state index contributed by atoms with van der Waals surface area (Å²) in [6.07, 6.45) is -0.0550. The number of methoxy groups -OCH3 is 1. The third-order valence-electron chi connectivity index (χ3n) is 4.77. The lowest BCUT2D eigenvalue weighted by atomic mass is 10.2. The Kier molecular flexibility index (Phi) is 6.34. The minimum atomic E-state index is -0.0550. The van der Waals surface area contributed by atoms with Crippen molar-refractivity contribution < 1.29 is 23.5 Å². The Bertz CT molecular complexity index is 944. The zero-order valence-corrected chi connectivity index (χ0v) is 17.1. The number of para-hydroxylation sites is 2. The van der Waals surface area contributed by atoms with E-state index in [2.05, 4.69) is 22.0 Å². The van der Waals surface area contributed by atoms with Gasteiger partial charge in [0, 0.05) is 6.54 Å². The van der Waals surface area contributed by atoms with Crippen LogP contribution in [-0.4, -0.2) is 48.0 Å². The molecular formula is C22H25N3O5. The number of hydrogen-bond acceptors (Lipinski definition) is 8. The second-order valence-electron chi connectivity index (χ2n) is 6.89. The average molecular weight is 411 g/mol. The van der Waals surface area contributed by atoms with Gasteiger partial charge < -0.3 is 23.5 Å². The molecule has 8 heteroatoms. The van der Waals surface area contributed by atoms with Gasteiger partial charge in [-0.1, -0.05) is 24.2 Å². The van der Waals surface area contributed by atoms with Crippen molar-refractivity contribution in [3.8, 4) is 23.0 Å². The standard InChI is InChI=1S/C22H25N3O5/c1-3-25(12-18-14-28-19-6-4-5-7-20(19)29-18)13-22-23-21(24-30-22)15-27-17-10-8-16(26-2)9-11-17/h4-11,18H,3,12-15H2,1-2H3/t18-/m0/s1. The predicted molar refractivity (Wildman–Crippen MR) is 109 cm³/mol. The minimum absolute atomic E-state index is 0.0550. The van der Waals surface area contributed by atoms with Crippen LogP contribution in [-0.2, 0) is 13.2 Å². The Hall–Kier alpha value is -3.26. The first-order valence-corrected chi connectivity index (χ1v) is 9.92. The molecule has 1 aliphatic rings. The van der Waals surface area contributed by atoms with Gasteiger partial charge in [0.1, 0.15) is 24.2 Å². The van der Waals surface area contributed by atoms with E-state index in [-0.39, 0.29) is 12.7 Å². The van der Waals surface area contributed by atoms with Crippen LogP contribution in [0.1, 0.15) is 18.6 Å². The molecule has 0 spiro atoms. The molecule has 1 aliphatic heterocycles. The Morgan fingerprint density at radius 1 is 1.07 bits per heavy atom. The number of aromatic nitrogens is 2. The maximum atomic E-state index is 6.05. The maximum Gasteiger partial charge on any atom is 0.240 e. The molecule has 0 N–H and O–H groups in total.